The second-order valence-electron chi connectivity index (χ2n) is 7.57. The summed E-state index contributed by atoms with van der Waals surface area (Å²) < 4.78 is 40.1. The molecule has 1 aromatic heterocycles. The van der Waals surface area contributed by atoms with Gasteiger partial charge in [0.05, 0.1) is 18.5 Å². The summed E-state index contributed by atoms with van der Waals surface area (Å²) in [6.07, 6.45) is 0.438. The van der Waals surface area contributed by atoms with Crippen molar-refractivity contribution < 1.29 is 23.0 Å². The molecule has 0 saturated heterocycles. The Bertz CT molecular complexity index is 1300. The van der Waals surface area contributed by atoms with Crippen LogP contribution in [0, 0.1) is 18.6 Å². The van der Waals surface area contributed by atoms with Gasteiger partial charge in [0.15, 0.2) is 11.5 Å². The Kier molecular flexibility index (Phi) is 6.87. The summed E-state index contributed by atoms with van der Waals surface area (Å²) in [5.74, 6) is 0.325. The monoisotopic (exact) mass is 463 g/mol. The van der Waals surface area contributed by atoms with Crippen LogP contribution in [0.1, 0.15) is 17.7 Å². The summed E-state index contributed by atoms with van der Waals surface area (Å²) in [6.45, 7) is 1.81. The van der Waals surface area contributed by atoms with Crippen molar-refractivity contribution in [2.45, 2.75) is 19.8 Å². The third kappa shape index (κ3) is 5.23. The van der Waals surface area contributed by atoms with Crippen molar-refractivity contribution in [3.05, 3.63) is 95.7 Å². The Hall–Kier alpha value is -4.20. The lowest BCUT2D eigenvalue weighted by molar-refractivity contribution is -0.116. The minimum absolute atomic E-state index is 0.120. The molecule has 174 valence electrons. The van der Waals surface area contributed by atoms with Gasteiger partial charge in [-0.2, -0.15) is 5.10 Å². The van der Waals surface area contributed by atoms with E-state index in [2.05, 4.69) is 10.4 Å². The number of nitrogens with one attached hydrogen (secondary N) is 1. The number of hydrogen-bond acceptors (Lipinski definition) is 4. The van der Waals surface area contributed by atoms with Crippen molar-refractivity contribution in [1.29, 1.82) is 0 Å². The topological polar surface area (TPSA) is 65.4 Å². The number of carbonyl (C=O) groups is 1. The summed E-state index contributed by atoms with van der Waals surface area (Å²) >= 11 is 0. The zero-order valence-corrected chi connectivity index (χ0v) is 18.7. The molecule has 0 radical (unpaired) electrons. The van der Waals surface area contributed by atoms with E-state index in [4.69, 9.17) is 9.47 Å². The van der Waals surface area contributed by atoms with Gasteiger partial charge in [-0.15, -0.1) is 0 Å². The highest BCUT2D eigenvalue weighted by Crippen LogP contribution is 2.36. The average molecular weight is 463 g/mol. The van der Waals surface area contributed by atoms with Crippen LogP contribution in [-0.2, 0) is 11.2 Å². The summed E-state index contributed by atoms with van der Waals surface area (Å²) in [5.41, 5.74) is 2.36. The molecule has 0 bridgehead atoms. The van der Waals surface area contributed by atoms with Gasteiger partial charge in [-0.25, -0.2) is 13.5 Å². The Balaban J connectivity index is 1.64. The fourth-order valence-corrected chi connectivity index (χ4v) is 3.52. The normalized spacial score (nSPS) is 10.7. The molecule has 0 atom stereocenters. The molecule has 6 nitrogen and oxygen atoms in total. The number of rotatable bonds is 8. The number of carbonyl (C=O) groups excluding carboxylic acids is 1. The summed E-state index contributed by atoms with van der Waals surface area (Å²) in [6, 6.07) is 18.8. The number of nitrogens with zero attached hydrogens (tertiary/aromatic N) is 2. The molecule has 1 N–H and O–H groups in total. The molecule has 1 heterocycles. The van der Waals surface area contributed by atoms with Crippen LogP contribution in [-0.4, -0.2) is 22.8 Å². The van der Waals surface area contributed by atoms with Crippen LogP contribution >= 0.6 is 0 Å². The molecule has 1 amide bonds. The number of ether oxygens (including phenoxy) is 2. The number of methoxy groups -OCH3 is 1. The predicted octanol–water partition coefficient (Wildman–Crippen LogP) is 5.83. The van der Waals surface area contributed by atoms with Crippen molar-refractivity contribution in [3.63, 3.8) is 0 Å². The van der Waals surface area contributed by atoms with Crippen LogP contribution < -0.4 is 14.8 Å². The van der Waals surface area contributed by atoms with E-state index < -0.39 is 5.82 Å². The minimum Gasteiger partial charge on any atom is -0.493 e. The number of aromatic nitrogens is 2. The number of amides is 1. The van der Waals surface area contributed by atoms with Gasteiger partial charge >= 0.3 is 0 Å². The van der Waals surface area contributed by atoms with Crippen LogP contribution in [0.4, 0.5) is 14.5 Å². The standard InChI is InChI=1S/C26H23F2N3O3/c1-17-22(14-15-25(32)29-20-7-5-6-19(28)16-20)26(34-24-9-4-3-8-23(24)33-2)31(30-17)21-12-10-18(27)11-13-21/h3-13,16H,14-15H2,1-2H3,(H,29,32). The zero-order valence-electron chi connectivity index (χ0n) is 18.7. The van der Waals surface area contributed by atoms with Crippen molar-refractivity contribution in [2.75, 3.05) is 12.4 Å². The van der Waals surface area contributed by atoms with E-state index in [-0.39, 0.29) is 18.1 Å². The molecule has 34 heavy (non-hydrogen) atoms. The maximum Gasteiger partial charge on any atom is 0.226 e. The van der Waals surface area contributed by atoms with Gasteiger partial charge < -0.3 is 14.8 Å². The average Bonchev–Trinajstić information content (AvgIpc) is 3.13. The first-order chi connectivity index (χ1) is 16.4. The molecule has 0 aliphatic heterocycles. The Morgan fingerprint density at radius 1 is 0.971 bits per heavy atom. The molecule has 3 aromatic carbocycles. The van der Waals surface area contributed by atoms with E-state index in [0.29, 0.717) is 46.4 Å². The molecule has 0 spiro atoms. The van der Waals surface area contributed by atoms with Crippen molar-refractivity contribution in [2.24, 2.45) is 0 Å². The van der Waals surface area contributed by atoms with Crippen LogP contribution in [0.5, 0.6) is 17.4 Å². The van der Waals surface area contributed by atoms with Gasteiger partial charge in [0.2, 0.25) is 11.8 Å². The molecule has 0 fully saturated rings. The maximum absolute atomic E-state index is 13.5. The molecular formula is C26H23F2N3O3. The molecule has 0 saturated carbocycles. The minimum atomic E-state index is -0.429. The number of aryl methyl sites for hydroxylation is 1. The predicted molar refractivity (Wildman–Crippen MR) is 125 cm³/mol. The van der Waals surface area contributed by atoms with Crippen LogP contribution in [0.25, 0.3) is 5.69 Å². The summed E-state index contributed by atoms with van der Waals surface area (Å²) in [5, 5.41) is 7.28. The van der Waals surface area contributed by atoms with Gasteiger partial charge in [0, 0.05) is 17.7 Å². The smallest absolute Gasteiger partial charge is 0.226 e. The lowest BCUT2D eigenvalue weighted by Crippen LogP contribution is -2.12. The second-order valence-corrected chi connectivity index (χ2v) is 7.57. The highest BCUT2D eigenvalue weighted by molar-refractivity contribution is 5.90. The number of benzene rings is 3. The lowest BCUT2D eigenvalue weighted by atomic mass is 10.1. The van der Waals surface area contributed by atoms with Gasteiger partial charge in [0.25, 0.3) is 0 Å². The Labute approximate surface area is 195 Å². The highest BCUT2D eigenvalue weighted by atomic mass is 19.1. The Morgan fingerprint density at radius 3 is 2.41 bits per heavy atom. The highest BCUT2D eigenvalue weighted by Gasteiger charge is 2.21. The van der Waals surface area contributed by atoms with Crippen molar-refractivity contribution in [3.8, 4) is 23.1 Å². The Morgan fingerprint density at radius 2 is 1.71 bits per heavy atom. The quantitative estimate of drug-likeness (QED) is 0.357. The van der Waals surface area contributed by atoms with E-state index in [1.54, 1.807) is 42.1 Å². The molecule has 4 aromatic rings. The van der Waals surface area contributed by atoms with E-state index >= 15 is 0 Å². The van der Waals surface area contributed by atoms with E-state index in [1.165, 1.54) is 30.3 Å². The molecule has 4 rings (SSSR count). The SMILES string of the molecule is COc1ccccc1Oc1c(CCC(=O)Nc2cccc(F)c2)c(C)nn1-c1ccc(F)cc1. The number of anilines is 1. The fraction of sp³-hybridized carbons (Fsp3) is 0.154. The number of hydrogen-bond donors (Lipinski definition) is 1. The lowest BCUT2D eigenvalue weighted by Gasteiger charge is -2.14. The number of halogens is 2. The van der Waals surface area contributed by atoms with Crippen molar-refractivity contribution >= 4 is 11.6 Å². The maximum atomic E-state index is 13.5. The molecule has 8 heteroatoms. The van der Waals surface area contributed by atoms with Gasteiger partial charge in [-0.1, -0.05) is 18.2 Å². The van der Waals surface area contributed by atoms with Gasteiger partial charge in [0.1, 0.15) is 11.6 Å². The van der Waals surface area contributed by atoms with E-state index in [9.17, 15) is 13.6 Å². The van der Waals surface area contributed by atoms with Crippen LogP contribution in [0.3, 0.4) is 0 Å². The van der Waals surface area contributed by atoms with E-state index in [1.807, 2.05) is 19.1 Å². The van der Waals surface area contributed by atoms with Crippen LogP contribution in [0.2, 0.25) is 0 Å². The third-order valence-electron chi connectivity index (χ3n) is 5.19. The largest absolute Gasteiger partial charge is 0.493 e. The van der Waals surface area contributed by atoms with Gasteiger partial charge in [-0.05, 0) is 67.9 Å². The first-order valence-electron chi connectivity index (χ1n) is 10.7. The molecule has 0 unspecified atom stereocenters. The molecule has 0 aliphatic carbocycles. The fourth-order valence-electron chi connectivity index (χ4n) is 3.52. The second kappa shape index (κ2) is 10.2. The summed E-state index contributed by atoms with van der Waals surface area (Å²) in [7, 11) is 1.54. The third-order valence-corrected chi connectivity index (χ3v) is 5.19. The molecule has 0 aliphatic rings. The molecular weight excluding hydrogens is 440 g/mol. The zero-order chi connectivity index (χ0) is 24.1. The first kappa shape index (κ1) is 23.0. The number of para-hydroxylation sites is 2. The first-order valence-corrected chi connectivity index (χ1v) is 10.7. The van der Waals surface area contributed by atoms with Crippen LogP contribution in [0.15, 0.2) is 72.8 Å². The summed E-state index contributed by atoms with van der Waals surface area (Å²) in [4.78, 5) is 12.5. The van der Waals surface area contributed by atoms with E-state index in [0.717, 1.165) is 0 Å². The van der Waals surface area contributed by atoms with Crippen molar-refractivity contribution in [1.82, 2.24) is 9.78 Å². The van der Waals surface area contributed by atoms with Gasteiger partial charge in [-0.3, -0.25) is 4.79 Å².